The third kappa shape index (κ3) is 4.85. The largest absolute Gasteiger partial charge is 0.444 e. The highest BCUT2D eigenvalue weighted by Gasteiger charge is 2.28. The van der Waals surface area contributed by atoms with Crippen LogP contribution in [0.2, 0.25) is 0 Å². The lowest BCUT2D eigenvalue weighted by Crippen LogP contribution is -2.47. The van der Waals surface area contributed by atoms with Gasteiger partial charge >= 0.3 is 6.09 Å². The quantitative estimate of drug-likeness (QED) is 0.378. The van der Waals surface area contributed by atoms with Crippen LogP contribution in [0.4, 0.5) is 20.8 Å². The number of carbonyl (C=O) groups is 1. The Morgan fingerprint density at radius 2 is 1.97 bits per heavy atom. The first-order chi connectivity index (χ1) is 18.0. The highest BCUT2D eigenvalue weighted by Crippen LogP contribution is 2.32. The zero-order valence-electron chi connectivity index (χ0n) is 21.9. The number of nitrogens with two attached hydrogens (primary N) is 1. The second-order valence-corrected chi connectivity index (χ2v) is 10.7. The van der Waals surface area contributed by atoms with Crippen LogP contribution in [-0.2, 0) is 11.8 Å². The molecule has 1 fully saturated rings. The number of fused-ring (bicyclic) bond motifs is 2. The van der Waals surface area contributed by atoms with Gasteiger partial charge in [0.15, 0.2) is 0 Å². The Labute approximate surface area is 219 Å². The van der Waals surface area contributed by atoms with E-state index in [-0.39, 0.29) is 23.4 Å². The molecular formula is C28H31FN6O3. The number of pyridine rings is 1. The van der Waals surface area contributed by atoms with Gasteiger partial charge in [0.25, 0.3) is 5.56 Å². The van der Waals surface area contributed by atoms with Crippen molar-refractivity contribution in [3.63, 3.8) is 0 Å². The number of likely N-dealkylation sites (tertiary alicyclic amines) is 1. The number of benzene rings is 2. The van der Waals surface area contributed by atoms with Crippen LogP contribution in [-0.4, -0.2) is 50.3 Å². The Morgan fingerprint density at radius 1 is 1.18 bits per heavy atom. The number of carbonyl (C=O) groups excluding carboxylic acids is 1. The summed E-state index contributed by atoms with van der Waals surface area (Å²) in [7, 11) is 1.66. The summed E-state index contributed by atoms with van der Waals surface area (Å²) >= 11 is 0. The third-order valence-electron chi connectivity index (χ3n) is 6.69. The molecule has 0 unspecified atom stereocenters. The number of aromatic nitrogens is 3. The molecule has 5 rings (SSSR count). The standard InChI is InChI=1S/C28H31FN6O3/c1-28(2,3)38-27(37)35-12-6-7-17(15-35)32-26-31-14-16-13-21(25(36)34(4)24(16)33-26)18-8-5-9-20-19(18)10-11-22(29)23(20)30/h5,8-11,13-14,17H,6-7,12,15,30H2,1-4H3,(H,31,32,33)/t17-/m0/s1. The predicted octanol–water partition coefficient (Wildman–Crippen LogP) is 4.68. The Bertz CT molecular complexity index is 1610. The van der Waals surface area contributed by atoms with E-state index < -0.39 is 11.4 Å². The van der Waals surface area contributed by atoms with E-state index in [0.29, 0.717) is 52.0 Å². The molecule has 38 heavy (non-hydrogen) atoms. The van der Waals surface area contributed by atoms with Gasteiger partial charge in [0.05, 0.1) is 5.69 Å². The van der Waals surface area contributed by atoms with Crippen molar-refractivity contribution < 1.29 is 13.9 Å². The lowest BCUT2D eigenvalue weighted by molar-refractivity contribution is 0.0206. The number of aryl methyl sites for hydroxylation is 1. The van der Waals surface area contributed by atoms with E-state index in [9.17, 15) is 14.0 Å². The van der Waals surface area contributed by atoms with E-state index in [4.69, 9.17) is 10.5 Å². The molecule has 0 spiro atoms. The fourth-order valence-corrected chi connectivity index (χ4v) is 4.87. The van der Waals surface area contributed by atoms with Crippen molar-refractivity contribution in [1.29, 1.82) is 0 Å². The summed E-state index contributed by atoms with van der Waals surface area (Å²) in [5.41, 5.74) is 6.78. The minimum absolute atomic E-state index is 0.0495. The van der Waals surface area contributed by atoms with Crippen molar-refractivity contribution in [2.45, 2.75) is 45.3 Å². The SMILES string of the molecule is Cn1c(=O)c(-c2cccc3c(N)c(F)ccc23)cc2cnc(N[C@H]3CCCN(C(=O)OC(C)(C)C)C3)nc21. The average molecular weight is 519 g/mol. The number of hydrogen-bond donors (Lipinski definition) is 2. The van der Waals surface area contributed by atoms with E-state index in [1.807, 2.05) is 26.8 Å². The molecule has 3 heterocycles. The van der Waals surface area contributed by atoms with Crippen LogP contribution in [0, 0.1) is 5.82 Å². The number of anilines is 2. The monoisotopic (exact) mass is 518 g/mol. The van der Waals surface area contributed by atoms with Gasteiger partial charge in [0, 0.05) is 48.7 Å². The molecule has 1 saturated heterocycles. The summed E-state index contributed by atoms with van der Waals surface area (Å²) in [5, 5.41) is 5.23. The molecule has 2 aromatic heterocycles. The normalized spacial score (nSPS) is 16.1. The summed E-state index contributed by atoms with van der Waals surface area (Å²) in [4.78, 5) is 36.7. The first-order valence-electron chi connectivity index (χ1n) is 12.6. The number of piperidine rings is 1. The van der Waals surface area contributed by atoms with Gasteiger partial charge in [-0.25, -0.2) is 14.2 Å². The zero-order chi connectivity index (χ0) is 27.2. The summed E-state index contributed by atoms with van der Waals surface area (Å²) < 4.78 is 21.0. The highest BCUT2D eigenvalue weighted by molar-refractivity contribution is 6.03. The molecule has 1 amide bonds. The van der Waals surface area contributed by atoms with Crippen LogP contribution in [0.3, 0.4) is 0 Å². The minimum atomic E-state index is -0.558. The molecule has 1 atom stereocenters. The number of nitrogens with one attached hydrogen (secondary N) is 1. The Morgan fingerprint density at radius 3 is 2.74 bits per heavy atom. The summed E-state index contributed by atoms with van der Waals surface area (Å²) in [6.45, 7) is 6.64. The van der Waals surface area contributed by atoms with E-state index in [0.717, 1.165) is 12.8 Å². The van der Waals surface area contributed by atoms with Gasteiger partial charge in [0.2, 0.25) is 5.95 Å². The summed E-state index contributed by atoms with van der Waals surface area (Å²) in [5.74, 6) is -0.119. The summed E-state index contributed by atoms with van der Waals surface area (Å²) in [6, 6.07) is 9.95. The number of amides is 1. The maximum Gasteiger partial charge on any atom is 0.410 e. The Kier molecular flexibility index (Phi) is 6.42. The number of hydrogen-bond acceptors (Lipinski definition) is 7. The number of halogens is 1. The molecule has 9 nitrogen and oxygen atoms in total. The third-order valence-corrected chi connectivity index (χ3v) is 6.69. The minimum Gasteiger partial charge on any atom is -0.444 e. The van der Waals surface area contributed by atoms with Gasteiger partial charge in [-0.1, -0.05) is 24.3 Å². The molecular weight excluding hydrogens is 487 g/mol. The number of nitrogen functional groups attached to an aromatic ring is 1. The molecule has 0 radical (unpaired) electrons. The number of nitrogens with zero attached hydrogens (tertiary/aromatic N) is 4. The van der Waals surface area contributed by atoms with Gasteiger partial charge in [-0.15, -0.1) is 0 Å². The van der Waals surface area contributed by atoms with E-state index in [2.05, 4.69) is 15.3 Å². The van der Waals surface area contributed by atoms with Crippen LogP contribution in [0.15, 0.2) is 47.4 Å². The smallest absolute Gasteiger partial charge is 0.410 e. The van der Waals surface area contributed by atoms with Crippen molar-refractivity contribution in [2.75, 3.05) is 24.1 Å². The van der Waals surface area contributed by atoms with Gasteiger partial charge in [-0.2, -0.15) is 4.98 Å². The van der Waals surface area contributed by atoms with Crippen LogP contribution < -0.4 is 16.6 Å². The first-order valence-corrected chi connectivity index (χ1v) is 12.6. The van der Waals surface area contributed by atoms with Crippen molar-refractivity contribution in [3.8, 4) is 11.1 Å². The van der Waals surface area contributed by atoms with E-state index >= 15 is 0 Å². The molecule has 1 aliphatic rings. The predicted molar refractivity (Wildman–Crippen MR) is 147 cm³/mol. The van der Waals surface area contributed by atoms with Gasteiger partial charge in [0.1, 0.15) is 17.1 Å². The molecule has 0 aliphatic carbocycles. The maximum atomic E-state index is 14.0. The topological polar surface area (TPSA) is 115 Å². The van der Waals surface area contributed by atoms with E-state index in [1.54, 1.807) is 42.4 Å². The number of ether oxygens (including phenoxy) is 1. The molecule has 1 aliphatic heterocycles. The van der Waals surface area contributed by atoms with Gasteiger partial charge in [-0.05, 0) is 56.7 Å². The molecule has 3 N–H and O–H groups in total. The van der Waals surface area contributed by atoms with Crippen molar-refractivity contribution in [1.82, 2.24) is 19.4 Å². The lowest BCUT2D eigenvalue weighted by Gasteiger charge is -2.34. The second-order valence-electron chi connectivity index (χ2n) is 10.7. The lowest BCUT2D eigenvalue weighted by atomic mass is 9.97. The first kappa shape index (κ1) is 25.4. The summed E-state index contributed by atoms with van der Waals surface area (Å²) in [6.07, 6.45) is 3.01. The second kappa shape index (κ2) is 9.59. The van der Waals surface area contributed by atoms with Crippen LogP contribution in [0.5, 0.6) is 0 Å². The fraction of sp³-hybridized carbons (Fsp3) is 0.357. The zero-order valence-corrected chi connectivity index (χ0v) is 21.9. The van der Waals surface area contributed by atoms with Gasteiger partial charge in [-0.3, -0.25) is 9.36 Å². The molecule has 10 heteroatoms. The van der Waals surface area contributed by atoms with Crippen LogP contribution >= 0.6 is 0 Å². The van der Waals surface area contributed by atoms with Crippen molar-refractivity contribution >= 4 is 39.5 Å². The average Bonchev–Trinajstić information content (AvgIpc) is 2.87. The maximum absolute atomic E-state index is 14.0. The Hall–Kier alpha value is -4.21. The van der Waals surface area contributed by atoms with Crippen molar-refractivity contribution in [3.05, 3.63) is 58.8 Å². The fourth-order valence-electron chi connectivity index (χ4n) is 4.87. The van der Waals surface area contributed by atoms with Crippen LogP contribution in [0.1, 0.15) is 33.6 Å². The molecule has 0 saturated carbocycles. The molecule has 0 bridgehead atoms. The van der Waals surface area contributed by atoms with Crippen LogP contribution in [0.25, 0.3) is 32.9 Å². The molecule has 4 aromatic rings. The molecule has 2 aromatic carbocycles. The van der Waals surface area contributed by atoms with E-state index in [1.165, 1.54) is 10.6 Å². The Balaban J connectivity index is 1.44. The van der Waals surface area contributed by atoms with Gasteiger partial charge < -0.3 is 20.7 Å². The van der Waals surface area contributed by atoms with Crippen molar-refractivity contribution in [2.24, 2.45) is 7.05 Å². The number of rotatable bonds is 3. The molecule has 198 valence electrons. The highest BCUT2D eigenvalue weighted by atomic mass is 19.1.